The molecule has 2 aromatic rings. The number of nitrogens with zero attached hydrogens (tertiary/aromatic N) is 1. The maximum absolute atomic E-state index is 13.2. The third-order valence-electron chi connectivity index (χ3n) is 4.28. The van der Waals surface area contributed by atoms with Crippen LogP contribution in [-0.2, 0) is 0 Å². The van der Waals surface area contributed by atoms with Gasteiger partial charge in [0.25, 0.3) is 0 Å². The molecule has 2 nitrogen and oxygen atoms in total. The molecule has 1 saturated carbocycles. The summed E-state index contributed by atoms with van der Waals surface area (Å²) in [6, 6.07) is 7.88. The molecular formula is C17H21FN2S. The Kier molecular flexibility index (Phi) is 4.09. The standard InChI is InChI=1S/C17H21FN2S/c1-10-17(21-12(3)19-10)11(2)20-16-8-14(9-16)13-5-4-6-15(18)7-13/h4-7,11,14,16,20H,8-9H2,1-3H3. The fraction of sp³-hybridized carbons (Fsp3) is 0.471. The Hall–Kier alpha value is -1.26. The summed E-state index contributed by atoms with van der Waals surface area (Å²) in [5, 5.41) is 4.81. The molecule has 0 bridgehead atoms. The van der Waals surface area contributed by atoms with Crippen LogP contribution in [0, 0.1) is 19.7 Å². The van der Waals surface area contributed by atoms with Crippen molar-refractivity contribution in [2.45, 2.75) is 51.6 Å². The van der Waals surface area contributed by atoms with E-state index in [1.54, 1.807) is 23.5 Å². The van der Waals surface area contributed by atoms with E-state index in [9.17, 15) is 4.39 Å². The summed E-state index contributed by atoms with van der Waals surface area (Å²) in [7, 11) is 0. The largest absolute Gasteiger partial charge is 0.307 e. The molecule has 1 aromatic heterocycles. The summed E-state index contributed by atoms with van der Waals surface area (Å²) in [6.07, 6.45) is 2.18. The SMILES string of the molecule is Cc1nc(C)c(C(C)NC2CC(c3cccc(F)c3)C2)s1. The third-order valence-corrected chi connectivity index (χ3v) is 5.53. The fourth-order valence-electron chi connectivity index (χ4n) is 3.16. The van der Waals surface area contributed by atoms with E-state index < -0.39 is 0 Å². The Labute approximate surface area is 129 Å². The number of aromatic nitrogens is 1. The first-order valence-corrected chi connectivity index (χ1v) is 8.30. The summed E-state index contributed by atoms with van der Waals surface area (Å²) in [5.74, 6) is 0.364. The van der Waals surface area contributed by atoms with Crippen LogP contribution in [-0.4, -0.2) is 11.0 Å². The van der Waals surface area contributed by atoms with E-state index in [0.717, 1.165) is 29.1 Å². The molecular weight excluding hydrogens is 283 g/mol. The van der Waals surface area contributed by atoms with Crippen molar-refractivity contribution < 1.29 is 4.39 Å². The minimum atomic E-state index is -0.131. The Bertz CT molecular complexity index is 631. The third kappa shape index (κ3) is 3.16. The van der Waals surface area contributed by atoms with Crippen LogP contribution in [0.5, 0.6) is 0 Å². The van der Waals surface area contributed by atoms with Crippen LogP contribution in [0.25, 0.3) is 0 Å². The second kappa shape index (κ2) is 5.85. The average molecular weight is 304 g/mol. The molecule has 4 heteroatoms. The van der Waals surface area contributed by atoms with E-state index >= 15 is 0 Å². The lowest BCUT2D eigenvalue weighted by Gasteiger charge is -2.38. The average Bonchev–Trinajstić information content (AvgIpc) is 2.72. The number of hydrogen-bond acceptors (Lipinski definition) is 3. The molecule has 1 aromatic carbocycles. The molecule has 0 aliphatic heterocycles. The quantitative estimate of drug-likeness (QED) is 0.900. The number of thiazole rings is 1. The first-order chi connectivity index (χ1) is 10.0. The van der Waals surface area contributed by atoms with Gasteiger partial charge in [0.05, 0.1) is 10.7 Å². The van der Waals surface area contributed by atoms with Crippen molar-refractivity contribution in [3.63, 3.8) is 0 Å². The summed E-state index contributed by atoms with van der Waals surface area (Å²) in [4.78, 5) is 5.83. The van der Waals surface area contributed by atoms with Crippen molar-refractivity contribution in [2.24, 2.45) is 0 Å². The Balaban J connectivity index is 1.56. The lowest BCUT2D eigenvalue weighted by Crippen LogP contribution is -2.41. The van der Waals surface area contributed by atoms with Gasteiger partial charge >= 0.3 is 0 Å². The molecule has 0 spiro atoms. The molecule has 1 aliphatic rings. The van der Waals surface area contributed by atoms with Gasteiger partial charge in [0.2, 0.25) is 0 Å². The van der Waals surface area contributed by atoms with E-state index in [2.05, 4.69) is 31.1 Å². The van der Waals surface area contributed by atoms with Gasteiger partial charge in [0, 0.05) is 17.0 Å². The van der Waals surface area contributed by atoms with Crippen molar-refractivity contribution >= 4 is 11.3 Å². The van der Waals surface area contributed by atoms with Gasteiger partial charge in [0.15, 0.2) is 0 Å². The monoisotopic (exact) mass is 304 g/mol. The van der Waals surface area contributed by atoms with Crippen LogP contribution < -0.4 is 5.32 Å². The first kappa shape index (κ1) is 14.7. The summed E-state index contributed by atoms with van der Waals surface area (Å²) >= 11 is 1.77. The normalized spacial score (nSPS) is 22.9. The highest BCUT2D eigenvalue weighted by Gasteiger charge is 2.31. The molecule has 1 aliphatic carbocycles. The van der Waals surface area contributed by atoms with Crippen molar-refractivity contribution in [1.29, 1.82) is 0 Å². The maximum Gasteiger partial charge on any atom is 0.123 e. The highest BCUT2D eigenvalue weighted by molar-refractivity contribution is 7.11. The second-order valence-corrected chi connectivity index (χ2v) is 7.23. The molecule has 21 heavy (non-hydrogen) atoms. The topological polar surface area (TPSA) is 24.9 Å². The van der Waals surface area contributed by atoms with Crippen LogP contribution in [0.2, 0.25) is 0 Å². The molecule has 3 rings (SSSR count). The Morgan fingerprint density at radius 2 is 2.10 bits per heavy atom. The van der Waals surface area contributed by atoms with E-state index in [-0.39, 0.29) is 5.82 Å². The number of aryl methyl sites for hydroxylation is 2. The van der Waals surface area contributed by atoms with Crippen molar-refractivity contribution in [3.8, 4) is 0 Å². The molecule has 0 radical (unpaired) electrons. The minimum Gasteiger partial charge on any atom is -0.307 e. The van der Waals surface area contributed by atoms with Crippen LogP contribution in [0.15, 0.2) is 24.3 Å². The molecule has 1 atom stereocenters. The van der Waals surface area contributed by atoms with Crippen LogP contribution in [0.1, 0.15) is 52.9 Å². The van der Waals surface area contributed by atoms with Crippen molar-refractivity contribution in [1.82, 2.24) is 10.3 Å². The van der Waals surface area contributed by atoms with Gasteiger partial charge in [0.1, 0.15) is 5.82 Å². The Morgan fingerprint density at radius 3 is 2.71 bits per heavy atom. The predicted octanol–water partition coefficient (Wildman–Crippen LogP) is 4.50. The van der Waals surface area contributed by atoms with Crippen LogP contribution >= 0.6 is 11.3 Å². The van der Waals surface area contributed by atoms with Gasteiger partial charge in [-0.2, -0.15) is 0 Å². The number of hydrogen-bond donors (Lipinski definition) is 1. The fourth-order valence-corrected chi connectivity index (χ4v) is 4.10. The summed E-state index contributed by atoms with van der Waals surface area (Å²) in [6.45, 7) is 6.33. The van der Waals surface area contributed by atoms with Gasteiger partial charge in [-0.3, -0.25) is 0 Å². The predicted molar refractivity (Wildman–Crippen MR) is 85.3 cm³/mol. The molecule has 1 heterocycles. The smallest absolute Gasteiger partial charge is 0.123 e. The summed E-state index contributed by atoms with van der Waals surface area (Å²) < 4.78 is 13.2. The first-order valence-electron chi connectivity index (χ1n) is 7.48. The van der Waals surface area contributed by atoms with E-state index in [1.807, 2.05) is 6.07 Å². The van der Waals surface area contributed by atoms with E-state index in [4.69, 9.17) is 0 Å². The molecule has 0 saturated heterocycles. The highest BCUT2D eigenvalue weighted by Crippen LogP contribution is 2.38. The molecule has 1 fully saturated rings. The van der Waals surface area contributed by atoms with Crippen LogP contribution in [0.4, 0.5) is 4.39 Å². The number of nitrogens with one attached hydrogen (secondary N) is 1. The van der Waals surface area contributed by atoms with Crippen molar-refractivity contribution in [2.75, 3.05) is 0 Å². The van der Waals surface area contributed by atoms with E-state index in [1.165, 1.54) is 10.9 Å². The number of benzene rings is 1. The summed E-state index contributed by atoms with van der Waals surface area (Å²) in [5.41, 5.74) is 2.27. The Morgan fingerprint density at radius 1 is 1.33 bits per heavy atom. The van der Waals surface area contributed by atoms with Gasteiger partial charge in [-0.05, 0) is 57.2 Å². The molecule has 1 N–H and O–H groups in total. The maximum atomic E-state index is 13.2. The number of rotatable bonds is 4. The molecule has 0 amide bonds. The lowest BCUT2D eigenvalue weighted by molar-refractivity contribution is 0.271. The second-order valence-electron chi connectivity index (χ2n) is 5.99. The van der Waals surface area contributed by atoms with Gasteiger partial charge in [-0.1, -0.05) is 12.1 Å². The zero-order valence-electron chi connectivity index (χ0n) is 12.7. The molecule has 1 unspecified atom stereocenters. The lowest BCUT2D eigenvalue weighted by atomic mass is 9.75. The zero-order chi connectivity index (χ0) is 15.0. The van der Waals surface area contributed by atoms with Crippen LogP contribution in [0.3, 0.4) is 0 Å². The molecule has 112 valence electrons. The minimum absolute atomic E-state index is 0.131. The van der Waals surface area contributed by atoms with Gasteiger partial charge in [-0.15, -0.1) is 11.3 Å². The van der Waals surface area contributed by atoms with Gasteiger partial charge < -0.3 is 5.32 Å². The number of halogens is 1. The zero-order valence-corrected chi connectivity index (χ0v) is 13.5. The highest BCUT2D eigenvalue weighted by atomic mass is 32.1. The van der Waals surface area contributed by atoms with Crippen molar-refractivity contribution in [3.05, 3.63) is 51.2 Å². The van der Waals surface area contributed by atoms with E-state index in [0.29, 0.717) is 18.0 Å². The van der Waals surface area contributed by atoms with Gasteiger partial charge in [-0.25, -0.2) is 9.37 Å².